The number of furan rings is 1. The van der Waals surface area contributed by atoms with Gasteiger partial charge in [0.05, 0.1) is 0 Å². The summed E-state index contributed by atoms with van der Waals surface area (Å²) in [6.07, 6.45) is 2.30. The average Bonchev–Trinajstić information content (AvgIpc) is 2.86. The molecule has 0 amide bonds. The lowest BCUT2D eigenvalue weighted by molar-refractivity contribution is 0.0663. The molecule has 0 spiro atoms. The van der Waals surface area contributed by atoms with Crippen LogP contribution in [0.1, 0.15) is 37.2 Å². The SMILES string of the molecule is CC(C)C1CCCN1c1ccc(C(=O)O)o1. The molecule has 1 aromatic heterocycles. The maximum atomic E-state index is 10.7. The third-order valence-electron chi connectivity index (χ3n) is 3.15. The summed E-state index contributed by atoms with van der Waals surface area (Å²) in [4.78, 5) is 12.9. The number of hydrogen-bond acceptors (Lipinski definition) is 3. The monoisotopic (exact) mass is 223 g/mol. The molecule has 0 bridgehead atoms. The molecule has 1 fully saturated rings. The summed E-state index contributed by atoms with van der Waals surface area (Å²) < 4.78 is 5.34. The summed E-state index contributed by atoms with van der Waals surface area (Å²) >= 11 is 0. The third kappa shape index (κ3) is 1.92. The number of anilines is 1. The molecular formula is C12H17NO3. The lowest BCUT2D eigenvalue weighted by Gasteiger charge is -2.27. The fourth-order valence-corrected chi connectivity index (χ4v) is 2.36. The van der Waals surface area contributed by atoms with Crippen LogP contribution in [0.5, 0.6) is 0 Å². The van der Waals surface area contributed by atoms with E-state index in [1.54, 1.807) is 6.07 Å². The number of nitrogens with zero attached hydrogens (tertiary/aromatic N) is 1. The first-order valence-electron chi connectivity index (χ1n) is 5.69. The van der Waals surface area contributed by atoms with E-state index in [4.69, 9.17) is 9.52 Å². The van der Waals surface area contributed by atoms with Crippen LogP contribution in [-0.4, -0.2) is 23.7 Å². The van der Waals surface area contributed by atoms with Gasteiger partial charge in [-0.25, -0.2) is 4.79 Å². The van der Waals surface area contributed by atoms with Gasteiger partial charge >= 0.3 is 5.97 Å². The van der Waals surface area contributed by atoms with Gasteiger partial charge in [0.15, 0.2) is 5.88 Å². The number of hydrogen-bond donors (Lipinski definition) is 1. The van der Waals surface area contributed by atoms with Crippen LogP contribution in [0.2, 0.25) is 0 Å². The zero-order valence-corrected chi connectivity index (χ0v) is 9.64. The highest BCUT2D eigenvalue weighted by Crippen LogP contribution is 2.30. The number of aromatic carboxylic acids is 1. The highest BCUT2D eigenvalue weighted by Gasteiger charge is 2.29. The molecule has 0 aromatic carbocycles. The van der Waals surface area contributed by atoms with Gasteiger partial charge in [0, 0.05) is 18.7 Å². The molecule has 0 saturated carbocycles. The highest BCUT2D eigenvalue weighted by molar-refractivity contribution is 5.84. The lowest BCUT2D eigenvalue weighted by Crippen LogP contribution is -2.32. The largest absolute Gasteiger partial charge is 0.475 e. The maximum Gasteiger partial charge on any atom is 0.371 e. The van der Waals surface area contributed by atoms with Crippen LogP contribution in [0.3, 0.4) is 0 Å². The molecule has 1 unspecified atom stereocenters. The molecule has 2 heterocycles. The number of rotatable bonds is 3. The zero-order valence-electron chi connectivity index (χ0n) is 9.64. The van der Waals surface area contributed by atoms with Crippen LogP contribution in [-0.2, 0) is 0 Å². The Morgan fingerprint density at radius 3 is 2.88 bits per heavy atom. The molecule has 2 rings (SSSR count). The van der Waals surface area contributed by atoms with E-state index >= 15 is 0 Å². The van der Waals surface area contributed by atoms with Crippen LogP contribution in [0.15, 0.2) is 16.5 Å². The second-order valence-corrected chi connectivity index (χ2v) is 4.59. The highest BCUT2D eigenvalue weighted by atomic mass is 16.4. The Balaban J connectivity index is 2.19. The van der Waals surface area contributed by atoms with Gasteiger partial charge < -0.3 is 14.4 Å². The minimum absolute atomic E-state index is 0.0180. The maximum absolute atomic E-state index is 10.7. The van der Waals surface area contributed by atoms with E-state index < -0.39 is 5.97 Å². The molecule has 1 saturated heterocycles. The van der Waals surface area contributed by atoms with E-state index in [2.05, 4.69) is 18.7 Å². The first-order chi connectivity index (χ1) is 7.59. The topological polar surface area (TPSA) is 53.7 Å². The zero-order chi connectivity index (χ0) is 11.7. The molecule has 88 valence electrons. The molecule has 4 nitrogen and oxygen atoms in total. The molecule has 1 N–H and O–H groups in total. The third-order valence-corrected chi connectivity index (χ3v) is 3.15. The Morgan fingerprint density at radius 2 is 2.31 bits per heavy atom. The predicted octanol–water partition coefficient (Wildman–Crippen LogP) is 2.60. The summed E-state index contributed by atoms with van der Waals surface area (Å²) in [6.45, 7) is 5.32. The van der Waals surface area contributed by atoms with Crippen molar-refractivity contribution in [3.8, 4) is 0 Å². The predicted molar refractivity (Wildman–Crippen MR) is 60.9 cm³/mol. The fourth-order valence-electron chi connectivity index (χ4n) is 2.36. The Bertz CT molecular complexity index is 383. The van der Waals surface area contributed by atoms with Gasteiger partial charge in [-0.2, -0.15) is 0 Å². The van der Waals surface area contributed by atoms with Crippen molar-refractivity contribution in [1.29, 1.82) is 0 Å². The quantitative estimate of drug-likeness (QED) is 0.855. The van der Waals surface area contributed by atoms with Crippen LogP contribution < -0.4 is 4.90 Å². The molecule has 16 heavy (non-hydrogen) atoms. The van der Waals surface area contributed by atoms with Crippen molar-refractivity contribution >= 4 is 11.9 Å². The van der Waals surface area contributed by atoms with E-state index in [-0.39, 0.29) is 5.76 Å². The van der Waals surface area contributed by atoms with E-state index in [9.17, 15) is 4.79 Å². The van der Waals surface area contributed by atoms with Gasteiger partial charge in [-0.05, 0) is 24.8 Å². The van der Waals surface area contributed by atoms with Crippen LogP contribution >= 0.6 is 0 Å². The fraction of sp³-hybridized carbons (Fsp3) is 0.583. The van der Waals surface area contributed by atoms with Crippen LogP contribution in [0, 0.1) is 5.92 Å². The summed E-state index contributed by atoms with van der Waals surface area (Å²) in [5.74, 6) is 0.255. The summed E-state index contributed by atoms with van der Waals surface area (Å²) in [5.41, 5.74) is 0. The van der Waals surface area contributed by atoms with Gasteiger partial charge in [0.1, 0.15) is 0 Å². The summed E-state index contributed by atoms with van der Waals surface area (Å²) in [7, 11) is 0. The van der Waals surface area contributed by atoms with E-state index in [1.165, 1.54) is 6.07 Å². The van der Waals surface area contributed by atoms with Crippen molar-refractivity contribution < 1.29 is 14.3 Å². The standard InChI is InChI=1S/C12H17NO3/c1-8(2)9-4-3-7-13(9)11-6-5-10(16-11)12(14)15/h5-6,8-9H,3-4,7H2,1-2H3,(H,14,15). The molecule has 1 aliphatic heterocycles. The number of carbonyl (C=O) groups is 1. The first-order valence-corrected chi connectivity index (χ1v) is 5.69. The smallest absolute Gasteiger partial charge is 0.371 e. The van der Waals surface area contributed by atoms with Gasteiger partial charge in [-0.3, -0.25) is 0 Å². The average molecular weight is 223 g/mol. The van der Waals surface area contributed by atoms with Gasteiger partial charge in [-0.1, -0.05) is 13.8 Å². The molecule has 4 heteroatoms. The van der Waals surface area contributed by atoms with Gasteiger partial charge in [0.25, 0.3) is 0 Å². The Labute approximate surface area is 94.9 Å². The van der Waals surface area contributed by atoms with Gasteiger partial charge in [-0.15, -0.1) is 0 Å². The number of carboxylic acid groups (broad SMARTS) is 1. The van der Waals surface area contributed by atoms with Crippen LogP contribution in [0.25, 0.3) is 0 Å². The number of carboxylic acids is 1. The molecule has 1 aromatic rings. The van der Waals surface area contributed by atoms with Crippen molar-refractivity contribution in [1.82, 2.24) is 0 Å². The van der Waals surface area contributed by atoms with E-state index in [0.29, 0.717) is 17.8 Å². The van der Waals surface area contributed by atoms with Crippen molar-refractivity contribution in [2.24, 2.45) is 5.92 Å². The normalized spacial score (nSPS) is 20.7. The Morgan fingerprint density at radius 1 is 1.56 bits per heavy atom. The second kappa shape index (κ2) is 4.20. The van der Waals surface area contributed by atoms with Crippen LogP contribution in [0.4, 0.5) is 5.88 Å². The molecule has 1 atom stereocenters. The summed E-state index contributed by atoms with van der Waals surface area (Å²) in [5, 5.41) is 8.80. The van der Waals surface area contributed by atoms with Crippen molar-refractivity contribution in [2.75, 3.05) is 11.4 Å². The Kier molecular flexibility index (Phi) is 2.90. The second-order valence-electron chi connectivity index (χ2n) is 4.59. The molecule has 1 aliphatic rings. The van der Waals surface area contributed by atoms with Gasteiger partial charge in [0.2, 0.25) is 5.76 Å². The molecule has 0 aliphatic carbocycles. The van der Waals surface area contributed by atoms with Crippen molar-refractivity contribution in [2.45, 2.75) is 32.7 Å². The summed E-state index contributed by atoms with van der Waals surface area (Å²) in [6, 6.07) is 3.74. The van der Waals surface area contributed by atoms with Crippen molar-refractivity contribution in [3.63, 3.8) is 0 Å². The minimum Gasteiger partial charge on any atom is -0.475 e. The molecular weight excluding hydrogens is 206 g/mol. The Hall–Kier alpha value is -1.45. The van der Waals surface area contributed by atoms with E-state index in [0.717, 1.165) is 19.4 Å². The lowest BCUT2D eigenvalue weighted by atomic mass is 10.0. The molecule has 0 radical (unpaired) electrons. The van der Waals surface area contributed by atoms with Crippen molar-refractivity contribution in [3.05, 3.63) is 17.9 Å². The first kappa shape index (κ1) is 11.0. The minimum atomic E-state index is -1.01. The van der Waals surface area contributed by atoms with E-state index in [1.807, 2.05) is 0 Å².